The Hall–Kier alpha value is -0.883. The maximum atomic E-state index is 9.76. The quantitative estimate of drug-likeness (QED) is 0.711. The Morgan fingerprint density at radius 3 is 2.29 bits per heavy atom. The first-order chi connectivity index (χ1) is 10.0. The highest BCUT2D eigenvalue weighted by Gasteiger charge is 2.22. The number of ether oxygens (including phenoxy) is 2. The van der Waals surface area contributed by atoms with Crippen LogP contribution in [0.15, 0.2) is 30.3 Å². The molecule has 1 atom stereocenters. The monoisotopic (exact) mass is 314 g/mol. The van der Waals surface area contributed by atoms with E-state index >= 15 is 0 Å². The Bertz CT molecular complexity index is 343. The molecule has 0 aliphatic heterocycles. The molecule has 0 radical (unpaired) electrons. The Morgan fingerprint density at radius 1 is 1.10 bits per heavy atom. The van der Waals surface area contributed by atoms with E-state index in [2.05, 4.69) is 13.1 Å². The molecule has 4 nitrogen and oxygen atoms in total. The molecule has 1 N–H and O–H groups in total. The molecule has 0 bridgehead atoms. The van der Waals surface area contributed by atoms with Gasteiger partial charge in [-0.1, -0.05) is 32.0 Å². The van der Waals surface area contributed by atoms with Crippen molar-refractivity contribution in [1.82, 2.24) is 0 Å². The largest absolute Gasteiger partial charge is 0.491 e. The van der Waals surface area contributed by atoms with Crippen molar-refractivity contribution in [3.05, 3.63) is 30.3 Å². The van der Waals surface area contributed by atoms with Crippen molar-refractivity contribution >= 4 is 8.32 Å². The predicted octanol–water partition coefficient (Wildman–Crippen LogP) is 3.25. The molecule has 122 valence electrons. The van der Waals surface area contributed by atoms with Crippen LogP contribution >= 0.6 is 0 Å². The third kappa shape index (κ3) is 10.5. The summed E-state index contributed by atoms with van der Waals surface area (Å²) in [7, 11) is -1.73. The van der Waals surface area contributed by atoms with Gasteiger partial charge in [-0.05, 0) is 32.2 Å². The van der Waals surface area contributed by atoms with Crippen molar-refractivity contribution in [3.8, 4) is 5.75 Å². The van der Waals surface area contributed by atoms with Crippen molar-refractivity contribution in [2.45, 2.75) is 40.0 Å². The highest BCUT2D eigenvalue weighted by atomic mass is 28.4. The van der Waals surface area contributed by atoms with E-state index in [1.165, 1.54) is 0 Å². The Kier molecular flexibility index (Phi) is 11.2. The molecule has 0 fully saturated rings. The number of hydrogen-bond donors (Lipinski definition) is 1. The number of aliphatic hydroxyl groups is 1. The number of para-hydroxylation sites is 1. The maximum Gasteiger partial charge on any atom is 0.211 e. The lowest BCUT2D eigenvalue weighted by Crippen LogP contribution is -2.38. The van der Waals surface area contributed by atoms with E-state index in [0.29, 0.717) is 12.8 Å². The van der Waals surface area contributed by atoms with Gasteiger partial charge >= 0.3 is 0 Å². The van der Waals surface area contributed by atoms with Crippen LogP contribution in [-0.2, 0) is 9.16 Å². The van der Waals surface area contributed by atoms with E-state index in [0.717, 1.165) is 5.75 Å². The molecular formula is C16H30O4Si. The van der Waals surface area contributed by atoms with Gasteiger partial charge in [-0.2, -0.15) is 0 Å². The van der Waals surface area contributed by atoms with Gasteiger partial charge in [0.15, 0.2) is 0 Å². The molecule has 0 aromatic heterocycles. The van der Waals surface area contributed by atoms with E-state index in [1.54, 1.807) is 0 Å². The van der Waals surface area contributed by atoms with Gasteiger partial charge < -0.3 is 19.0 Å². The molecule has 5 heteroatoms. The minimum absolute atomic E-state index is 0.237. The van der Waals surface area contributed by atoms with E-state index in [-0.39, 0.29) is 13.2 Å². The number of aliphatic hydroxyl groups excluding tert-OH is 1. The van der Waals surface area contributed by atoms with E-state index in [4.69, 9.17) is 13.9 Å². The molecule has 0 saturated heterocycles. The number of benzene rings is 1. The van der Waals surface area contributed by atoms with Crippen LogP contribution in [-0.4, -0.2) is 45.6 Å². The molecule has 0 aliphatic carbocycles. The molecular weight excluding hydrogens is 284 g/mol. The third-order valence-corrected chi connectivity index (χ3v) is 4.45. The van der Waals surface area contributed by atoms with Crippen LogP contribution in [0.1, 0.15) is 20.8 Å². The minimum Gasteiger partial charge on any atom is -0.491 e. The summed E-state index contributed by atoms with van der Waals surface area (Å²) in [6, 6.07) is 9.44. The van der Waals surface area contributed by atoms with Gasteiger partial charge in [0, 0.05) is 6.61 Å². The first-order valence-corrected chi connectivity index (χ1v) is 10.7. The molecule has 21 heavy (non-hydrogen) atoms. The summed E-state index contributed by atoms with van der Waals surface area (Å²) in [4.78, 5) is 0. The van der Waals surface area contributed by atoms with E-state index in [9.17, 15) is 5.11 Å². The fourth-order valence-corrected chi connectivity index (χ4v) is 3.10. The van der Waals surface area contributed by atoms with Crippen LogP contribution in [0.5, 0.6) is 5.75 Å². The summed E-state index contributed by atoms with van der Waals surface area (Å²) >= 11 is 0. The summed E-state index contributed by atoms with van der Waals surface area (Å²) in [6.07, 6.45) is -0.0323. The standard InChI is InChI=1S/C14H24O4Si.C2H6/c1-4-18-19(2,3)12-16-10-13(15)11-17-14-8-6-5-7-9-14;1-2/h5-9,13,15H,4,10-12H2,1-3H3;1-2H3. The molecule has 0 spiro atoms. The average molecular weight is 314 g/mol. The van der Waals surface area contributed by atoms with Gasteiger partial charge in [0.2, 0.25) is 8.32 Å². The Labute approximate surface area is 130 Å². The van der Waals surface area contributed by atoms with Gasteiger partial charge in [-0.3, -0.25) is 0 Å². The highest BCUT2D eigenvalue weighted by molar-refractivity contribution is 6.71. The summed E-state index contributed by atoms with van der Waals surface area (Å²) in [5.41, 5.74) is 0. The van der Waals surface area contributed by atoms with Crippen LogP contribution in [0, 0.1) is 0 Å². The highest BCUT2D eigenvalue weighted by Crippen LogP contribution is 2.09. The lowest BCUT2D eigenvalue weighted by molar-refractivity contribution is 0.0216. The number of hydrogen-bond acceptors (Lipinski definition) is 4. The zero-order valence-corrected chi connectivity index (χ0v) is 15.0. The van der Waals surface area contributed by atoms with Crippen LogP contribution < -0.4 is 4.74 Å². The fourth-order valence-electron chi connectivity index (χ4n) is 1.63. The normalized spacial score (nSPS) is 12.3. The lowest BCUT2D eigenvalue weighted by atomic mass is 10.3. The molecule has 1 aromatic rings. The van der Waals surface area contributed by atoms with Gasteiger partial charge in [-0.15, -0.1) is 0 Å². The zero-order valence-electron chi connectivity index (χ0n) is 14.0. The minimum atomic E-state index is -1.73. The average Bonchev–Trinajstić information content (AvgIpc) is 2.48. The topological polar surface area (TPSA) is 47.9 Å². The van der Waals surface area contributed by atoms with Crippen molar-refractivity contribution in [2.24, 2.45) is 0 Å². The van der Waals surface area contributed by atoms with Gasteiger partial charge in [0.05, 0.1) is 12.8 Å². The second kappa shape index (κ2) is 11.7. The second-order valence-electron chi connectivity index (χ2n) is 4.99. The summed E-state index contributed by atoms with van der Waals surface area (Å²) in [5, 5.41) is 9.76. The third-order valence-electron chi connectivity index (χ3n) is 2.48. The fraction of sp³-hybridized carbons (Fsp3) is 0.625. The second-order valence-corrected chi connectivity index (χ2v) is 9.08. The molecule has 0 amide bonds. The van der Waals surface area contributed by atoms with Crippen molar-refractivity contribution in [3.63, 3.8) is 0 Å². The Morgan fingerprint density at radius 2 is 1.71 bits per heavy atom. The zero-order chi connectivity index (χ0) is 16.1. The predicted molar refractivity (Wildman–Crippen MR) is 89.2 cm³/mol. The molecule has 0 heterocycles. The van der Waals surface area contributed by atoms with E-state index in [1.807, 2.05) is 51.1 Å². The van der Waals surface area contributed by atoms with Crippen LogP contribution in [0.25, 0.3) is 0 Å². The van der Waals surface area contributed by atoms with E-state index < -0.39 is 14.4 Å². The van der Waals surface area contributed by atoms with Crippen LogP contribution in [0.4, 0.5) is 0 Å². The van der Waals surface area contributed by atoms with Crippen LogP contribution in [0.3, 0.4) is 0 Å². The van der Waals surface area contributed by atoms with Crippen LogP contribution in [0.2, 0.25) is 13.1 Å². The van der Waals surface area contributed by atoms with Gasteiger partial charge in [-0.25, -0.2) is 0 Å². The first-order valence-electron chi connectivity index (χ1n) is 7.61. The SMILES string of the molecule is CC.CCO[Si](C)(C)COCC(O)COc1ccccc1. The number of rotatable bonds is 9. The van der Waals surface area contributed by atoms with Gasteiger partial charge in [0.1, 0.15) is 18.5 Å². The molecule has 1 rings (SSSR count). The summed E-state index contributed by atoms with van der Waals surface area (Å²) in [6.45, 7) is 11.4. The first kappa shape index (κ1) is 20.1. The molecule has 0 aliphatic rings. The van der Waals surface area contributed by atoms with Gasteiger partial charge in [0.25, 0.3) is 0 Å². The molecule has 1 aromatic carbocycles. The molecule has 0 saturated carbocycles. The summed E-state index contributed by atoms with van der Waals surface area (Å²) < 4.78 is 16.6. The molecule has 1 unspecified atom stereocenters. The lowest BCUT2D eigenvalue weighted by Gasteiger charge is -2.22. The smallest absolute Gasteiger partial charge is 0.211 e. The maximum absolute atomic E-state index is 9.76. The Balaban J connectivity index is 0.00000191. The summed E-state index contributed by atoms with van der Waals surface area (Å²) in [5.74, 6) is 0.755. The van der Waals surface area contributed by atoms with Crippen molar-refractivity contribution in [2.75, 3.05) is 26.1 Å². The van der Waals surface area contributed by atoms with Crippen molar-refractivity contribution in [1.29, 1.82) is 0 Å². The van der Waals surface area contributed by atoms with Crippen molar-refractivity contribution < 1.29 is 19.0 Å².